The van der Waals surface area contributed by atoms with E-state index < -0.39 is 5.51 Å². The number of piperidine rings is 1. The van der Waals surface area contributed by atoms with Gasteiger partial charge in [0.1, 0.15) is 0 Å². The van der Waals surface area contributed by atoms with Crippen LogP contribution in [-0.4, -0.2) is 41.8 Å². The minimum absolute atomic E-state index is 0.0495. The minimum atomic E-state index is -4.12. The van der Waals surface area contributed by atoms with E-state index in [1.54, 1.807) is 0 Å². The predicted molar refractivity (Wildman–Crippen MR) is 81.3 cm³/mol. The molecule has 0 saturated carbocycles. The highest BCUT2D eigenvalue weighted by Crippen LogP contribution is 2.29. The molecule has 0 aliphatic carbocycles. The van der Waals surface area contributed by atoms with Gasteiger partial charge in [0.2, 0.25) is 0 Å². The molecule has 1 heterocycles. The summed E-state index contributed by atoms with van der Waals surface area (Å²) in [6, 6.07) is 10.6. The summed E-state index contributed by atoms with van der Waals surface area (Å²) in [6.45, 7) is 3.29. The summed E-state index contributed by atoms with van der Waals surface area (Å²) in [4.78, 5) is 2.37. The molecule has 0 amide bonds. The quantitative estimate of drug-likeness (QED) is 0.808. The predicted octanol–water partition coefficient (Wildman–Crippen LogP) is 3.49. The monoisotopic (exact) mass is 318 g/mol. The summed E-state index contributed by atoms with van der Waals surface area (Å²) < 4.78 is 36.2. The highest BCUT2D eigenvalue weighted by atomic mass is 32.2. The molecule has 0 spiro atoms. The summed E-state index contributed by atoms with van der Waals surface area (Å²) in [5.74, 6) is 0.0820. The van der Waals surface area contributed by atoms with E-state index in [1.807, 2.05) is 18.2 Å². The number of hydrogen-bond acceptors (Lipinski definition) is 3. The van der Waals surface area contributed by atoms with Crippen molar-refractivity contribution in [1.29, 1.82) is 0 Å². The lowest BCUT2D eigenvalue weighted by atomic mass is 10.0. The molecule has 1 unspecified atom stereocenters. The van der Waals surface area contributed by atoms with E-state index in [-0.39, 0.29) is 17.5 Å². The van der Waals surface area contributed by atoms with E-state index in [2.05, 4.69) is 22.3 Å². The lowest BCUT2D eigenvalue weighted by Gasteiger charge is -2.33. The van der Waals surface area contributed by atoms with Gasteiger partial charge in [-0.15, -0.1) is 0 Å². The zero-order valence-corrected chi connectivity index (χ0v) is 12.7. The Morgan fingerprint density at radius 1 is 1.24 bits per heavy atom. The van der Waals surface area contributed by atoms with Crippen LogP contribution in [0, 0.1) is 0 Å². The van der Waals surface area contributed by atoms with E-state index in [4.69, 9.17) is 0 Å². The largest absolute Gasteiger partial charge is 0.441 e. The molecule has 1 aromatic carbocycles. The highest BCUT2D eigenvalue weighted by molar-refractivity contribution is 8.00. The first kappa shape index (κ1) is 16.6. The van der Waals surface area contributed by atoms with Gasteiger partial charge in [-0.1, -0.05) is 30.3 Å². The standard InChI is InChI=1S/C15H21F3N2S/c16-15(17,18)21-10-8-19-14-7-4-9-20(12-14)11-13-5-2-1-3-6-13/h1-3,5-6,14,19H,4,7-12H2. The van der Waals surface area contributed by atoms with Gasteiger partial charge in [0.05, 0.1) is 0 Å². The Hall–Kier alpha value is -0.720. The van der Waals surface area contributed by atoms with Gasteiger partial charge in [0.25, 0.3) is 0 Å². The average molecular weight is 318 g/mol. The van der Waals surface area contributed by atoms with Crippen LogP contribution in [0.5, 0.6) is 0 Å². The molecule has 1 aromatic rings. The Morgan fingerprint density at radius 3 is 2.71 bits per heavy atom. The van der Waals surface area contributed by atoms with Crippen LogP contribution < -0.4 is 5.32 Å². The van der Waals surface area contributed by atoms with Crippen molar-refractivity contribution in [2.45, 2.75) is 30.9 Å². The Kier molecular flexibility index (Phi) is 6.39. The van der Waals surface area contributed by atoms with Crippen LogP contribution in [0.15, 0.2) is 30.3 Å². The van der Waals surface area contributed by atoms with Gasteiger partial charge >= 0.3 is 5.51 Å². The number of nitrogens with zero attached hydrogens (tertiary/aromatic N) is 1. The Labute approximate surface area is 128 Å². The summed E-state index contributed by atoms with van der Waals surface area (Å²) >= 11 is 0.0495. The molecular formula is C15H21F3N2S. The van der Waals surface area contributed by atoms with Crippen LogP contribution >= 0.6 is 11.8 Å². The second-order valence-electron chi connectivity index (χ2n) is 5.31. The summed E-state index contributed by atoms with van der Waals surface area (Å²) in [5, 5.41) is 3.25. The van der Waals surface area contributed by atoms with Gasteiger partial charge in [-0.3, -0.25) is 4.90 Å². The molecular weight excluding hydrogens is 297 g/mol. The topological polar surface area (TPSA) is 15.3 Å². The molecule has 1 aliphatic rings. The first-order valence-electron chi connectivity index (χ1n) is 7.23. The molecule has 1 fully saturated rings. The first-order chi connectivity index (χ1) is 10.0. The van der Waals surface area contributed by atoms with Crippen LogP contribution in [0.25, 0.3) is 0 Å². The van der Waals surface area contributed by atoms with E-state index in [9.17, 15) is 13.2 Å². The maximum absolute atomic E-state index is 12.1. The molecule has 2 rings (SSSR count). The normalized spacial score (nSPS) is 20.6. The second kappa shape index (κ2) is 8.06. The number of rotatable bonds is 6. The van der Waals surface area contributed by atoms with Crippen LogP contribution in [0.1, 0.15) is 18.4 Å². The van der Waals surface area contributed by atoms with Gasteiger partial charge in [0, 0.05) is 31.4 Å². The van der Waals surface area contributed by atoms with Crippen molar-refractivity contribution in [3.63, 3.8) is 0 Å². The fraction of sp³-hybridized carbons (Fsp3) is 0.600. The lowest BCUT2D eigenvalue weighted by molar-refractivity contribution is -0.0327. The van der Waals surface area contributed by atoms with Crippen molar-refractivity contribution < 1.29 is 13.2 Å². The van der Waals surface area contributed by atoms with E-state index in [1.165, 1.54) is 5.56 Å². The lowest BCUT2D eigenvalue weighted by Crippen LogP contribution is -2.45. The molecule has 1 N–H and O–H groups in total. The SMILES string of the molecule is FC(F)(F)SCCNC1CCCN(Cc2ccccc2)C1. The fourth-order valence-corrected chi connectivity index (χ4v) is 3.09. The molecule has 0 bridgehead atoms. The molecule has 2 nitrogen and oxygen atoms in total. The van der Waals surface area contributed by atoms with Crippen molar-refractivity contribution in [3.05, 3.63) is 35.9 Å². The van der Waals surface area contributed by atoms with Gasteiger partial charge in [-0.2, -0.15) is 13.2 Å². The average Bonchev–Trinajstić information content (AvgIpc) is 2.44. The maximum atomic E-state index is 12.1. The molecule has 21 heavy (non-hydrogen) atoms. The molecule has 0 radical (unpaired) electrons. The van der Waals surface area contributed by atoms with Crippen molar-refractivity contribution in [2.75, 3.05) is 25.4 Å². The van der Waals surface area contributed by atoms with E-state index >= 15 is 0 Å². The molecule has 1 aliphatic heterocycles. The number of thioether (sulfide) groups is 1. The smallest absolute Gasteiger partial charge is 0.312 e. The van der Waals surface area contributed by atoms with Crippen LogP contribution in [0.3, 0.4) is 0 Å². The Bertz CT molecular complexity index is 411. The van der Waals surface area contributed by atoms with Gasteiger partial charge in [-0.25, -0.2) is 0 Å². The fourth-order valence-electron chi connectivity index (χ4n) is 2.64. The molecule has 1 atom stereocenters. The Morgan fingerprint density at radius 2 is 2.00 bits per heavy atom. The number of benzene rings is 1. The first-order valence-corrected chi connectivity index (χ1v) is 8.22. The zero-order valence-electron chi connectivity index (χ0n) is 11.9. The third kappa shape index (κ3) is 6.72. The molecule has 118 valence electrons. The highest BCUT2D eigenvalue weighted by Gasteiger charge is 2.27. The number of nitrogens with one attached hydrogen (secondary N) is 1. The maximum Gasteiger partial charge on any atom is 0.441 e. The van der Waals surface area contributed by atoms with Gasteiger partial charge < -0.3 is 5.32 Å². The molecule has 6 heteroatoms. The third-order valence-electron chi connectivity index (χ3n) is 3.56. The van der Waals surface area contributed by atoms with E-state index in [0.29, 0.717) is 12.6 Å². The molecule has 1 saturated heterocycles. The number of halogens is 3. The van der Waals surface area contributed by atoms with Gasteiger partial charge in [0.15, 0.2) is 0 Å². The molecule has 0 aromatic heterocycles. The van der Waals surface area contributed by atoms with Crippen molar-refractivity contribution >= 4 is 11.8 Å². The van der Waals surface area contributed by atoms with Crippen LogP contribution in [0.2, 0.25) is 0 Å². The Balaban J connectivity index is 1.69. The third-order valence-corrected chi connectivity index (χ3v) is 4.29. The van der Waals surface area contributed by atoms with Crippen molar-refractivity contribution in [2.24, 2.45) is 0 Å². The van der Waals surface area contributed by atoms with Crippen LogP contribution in [-0.2, 0) is 6.54 Å². The van der Waals surface area contributed by atoms with Crippen molar-refractivity contribution in [1.82, 2.24) is 10.2 Å². The summed E-state index contributed by atoms with van der Waals surface area (Å²) in [5.41, 5.74) is -2.83. The summed E-state index contributed by atoms with van der Waals surface area (Å²) in [7, 11) is 0. The zero-order chi connectivity index (χ0) is 15.1. The van der Waals surface area contributed by atoms with Crippen LogP contribution in [0.4, 0.5) is 13.2 Å². The number of likely N-dealkylation sites (tertiary alicyclic amines) is 1. The van der Waals surface area contributed by atoms with Crippen molar-refractivity contribution in [3.8, 4) is 0 Å². The minimum Gasteiger partial charge on any atom is -0.312 e. The number of hydrogen-bond donors (Lipinski definition) is 1. The number of alkyl halides is 3. The summed E-state index contributed by atoms with van der Waals surface area (Å²) in [6.07, 6.45) is 2.14. The van der Waals surface area contributed by atoms with E-state index in [0.717, 1.165) is 32.5 Å². The second-order valence-corrected chi connectivity index (χ2v) is 6.47. The van der Waals surface area contributed by atoms with Gasteiger partial charge in [-0.05, 0) is 36.7 Å².